The zero-order valence-corrected chi connectivity index (χ0v) is 15.4. The number of aromatic nitrogens is 1. The molecular weight excluding hydrogens is 322 g/mol. The Morgan fingerprint density at radius 3 is 2.71 bits per heavy atom. The van der Waals surface area contributed by atoms with E-state index in [1.807, 2.05) is 36.6 Å². The number of rotatable bonds is 8. The Kier molecular flexibility index (Phi) is 7.21. The molecule has 6 heteroatoms. The third-order valence-corrected chi connectivity index (χ3v) is 4.70. The molecule has 0 spiro atoms. The second kappa shape index (κ2) is 9.39. The molecule has 0 atom stereocenters. The number of hydrogen-bond donors (Lipinski definition) is 1. The lowest BCUT2D eigenvalue weighted by molar-refractivity contribution is 0.133. The standard InChI is InChI=1S/C18H25N3O2S/c1-4-17-20-16(13-24-17)11-21(3)18(22)19-10-14-8-6-7-9-15(14)12-23-5-2/h6-9,13H,4-5,10-12H2,1-3H3,(H,19,22). The molecule has 0 aliphatic heterocycles. The van der Waals surface area contributed by atoms with E-state index in [0.717, 1.165) is 28.2 Å². The summed E-state index contributed by atoms with van der Waals surface area (Å²) in [5.41, 5.74) is 3.12. The van der Waals surface area contributed by atoms with Gasteiger partial charge < -0.3 is 15.0 Å². The zero-order chi connectivity index (χ0) is 17.4. The van der Waals surface area contributed by atoms with E-state index < -0.39 is 0 Å². The molecule has 2 amide bonds. The Hall–Kier alpha value is -1.92. The quantitative estimate of drug-likeness (QED) is 0.794. The number of nitrogens with zero attached hydrogens (tertiary/aromatic N) is 2. The summed E-state index contributed by atoms with van der Waals surface area (Å²) in [6.45, 7) is 6.31. The Morgan fingerprint density at radius 1 is 1.29 bits per heavy atom. The van der Waals surface area contributed by atoms with E-state index in [2.05, 4.69) is 17.2 Å². The number of amides is 2. The maximum atomic E-state index is 12.3. The minimum atomic E-state index is -0.104. The number of nitrogens with one attached hydrogen (secondary N) is 1. The number of aryl methyl sites for hydroxylation is 1. The fourth-order valence-electron chi connectivity index (χ4n) is 2.29. The highest BCUT2D eigenvalue weighted by Crippen LogP contribution is 2.12. The van der Waals surface area contributed by atoms with E-state index in [1.165, 1.54) is 0 Å². The Morgan fingerprint density at radius 2 is 2.04 bits per heavy atom. The van der Waals surface area contributed by atoms with Gasteiger partial charge in [-0.1, -0.05) is 31.2 Å². The van der Waals surface area contributed by atoms with Crippen LogP contribution in [-0.2, 0) is 30.9 Å². The summed E-state index contributed by atoms with van der Waals surface area (Å²) >= 11 is 1.64. The SMILES string of the molecule is CCOCc1ccccc1CNC(=O)N(C)Cc1csc(CC)n1. The molecule has 0 aliphatic rings. The highest BCUT2D eigenvalue weighted by Gasteiger charge is 2.11. The number of carbonyl (C=O) groups excluding carboxylic acids is 1. The molecule has 1 N–H and O–H groups in total. The van der Waals surface area contributed by atoms with Crippen LogP contribution in [0.4, 0.5) is 4.79 Å². The van der Waals surface area contributed by atoms with Gasteiger partial charge in [-0.3, -0.25) is 0 Å². The third kappa shape index (κ3) is 5.32. The number of carbonyl (C=O) groups is 1. The Bertz CT molecular complexity index is 657. The lowest BCUT2D eigenvalue weighted by Crippen LogP contribution is -2.36. The van der Waals surface area contributed by atoms with Crippen LogP contribution in [-0.4, -0.2) is 29.6 Å². The van der Waals surface area contributed by atoms with E-state index in [9.17, 15) is 4.79 Å². The van der Waals surface area contributed by atoms with Crippen molar-refractivity contribution >= 4 is 17.4 Å². The lowest BCUT2D eigenvalue weighted by Gasteiger charge is -2.18. The van der Waals surface area contributed by atoms with Crippen LogP contribution in [0.15, 0.2) is 29.6 Å². The van der Waals surface area contributed by atoms with Gasteiger partial charge in [0.25, 0.3) is 0 Å². The van der Waals surface area contributed by atoms with Crippen molar-refractivity contribution in [1.82, 2.24) is 15.2 Å². The first-order valence-corrected chi connectivity index (χ1v) is 9.08. The highest BCUT2D eigenvalue weighted by atomic mass is 32.1. The molecule has 0 radical (unpaired) electrons. The number of thiazole rings is 1. The van der Waals surface area contributed by atoms with Gasteiger partial charge in [0, 0.05) is 25.6 Å². The fraction of sp³-hybridized carbons (Fsp3) is 0.444. The molecule has 0 fully saturated rings. The summed E-state index contributed by atoms with van der Waals surface area (Å²) in [5, 5.41) is 6.08. The normalized spacial score (nSPS) is 10.6. The van der Waals surface area contributed by atoms with E-state index in [0.29, 0.717) is 26.3 Å². The molecule has 0 aliphatic carbocycles. The summed E-state index contributed by atoms with van der Waals surface area (Å²) in [6, 6.07) is 7.90. The molecule has 5 nitrogen and oxygen atoms in total. The van der Waals surface area contributed by atoms with Gasteiger partial charge in [-0.25, -0.2) is 9.78 Å². The van der Waals surface area contributed by atoms with Gasteiger partial charge in [-0.05, 0) is 24.5 Å². The van der Waals surface area contributed by atoms with Gasteiger partial charge in [0.2, 0.25) is 0 Å². The number of hydrogen-bond acceptors (Lipinski definition) is 4. The van der Waals surface area contributed by atoms with Crippen LogP contribution >= 0.6 is 11.3 Å². The van der Waals surface area contributed by atoms with Crippen molar-refractivity contribution in [3.63, 3.8) is 0 Å². The van der Waals surface area contributed by atoms with Crippen molar-refractivity contribution in [2.75, 3.05) is 13.7 Å². The Balaban J connectivity index is 1.88. The van der Waals surface area contributed by atoms with Gasteiger partial charge in [-0.2, -0.15) is 0 Å². The molecule has 0 saturated carbocycles. The molecule has 24 heavy (non-hydrogen) atoms. The van der Waals surface area contributed by atoms with E-state index in [1.54, 1.807) is 23.3 Å². The first kappa shape index (κ1) is 18.4. The van der Waals surface area contributed by atoms with E-state index >= 15 is 0 Å². The largest absolute Gasteiger partial charge is 0.377 e. The highest BCUT2D eigenvalue weighted by molar-refractivity contribution is 7.09. The summed E-state index contributed by atoms with van der Waals surface area (Å²) in [5.74, 6) is 0. The predicted octanol–water partition coefficient (Wildman–Crippen LogP) is 3.58. The van der Waals surface area contributed by atoms with Gasteiger partial charge >= 0.3 is 6.03 Å². The molecule has 130 valence electrons. The van der Waals surface area contributed by atoms with Crippen LogP contribution < -0.4 is 5.32 Å². The van der Waals surface area contributed by atoms with Gasteiger partial charge in [-0.15, -0.1) is 11.3 Å². The minimum Gasteiger partial charge on any atom is -0.377 e. The monoisotopic (exact) mass is 347 g/mol. The summed E-state index contributed by atoms with van der Waals surface area (Å²) in [7, 11) is 1.78. The zero-order valence-electron chi connectivity index (χ0n) is 14.5. The van der Waals surface area contributed by atoms with Crippen molar-refractivity contribution < 1.29 is 9.53 Å². The average molecular weight is 347 g/mol. The summed E-state index contributed by atoms with van der Waals surface area (Å²) in [4.78, 5) is 18.4. The molecule has 0 unspecified atom stereocenters. The predicted molar refractivity (Wildman–Crippen MR) is 97.0 cm³/mol. The average Bonchev–Trinajstić information content (AvgIpc) is 3.06. The maximum absolute atomic E-state index is 12.3. The van der Waals surface area contributed by atoms with Crippen LogP contribution in [0.3, 0.4) is 0 Å². The first-order valence-electron chi connectivity index (χ1n) is 8.20. The van der Waals surface area contributed by atoms with Crippen molar-refractivity contribution in [1.29, 1.82) is 0 Å². The minimum absolute atomic E-state index is 0.104. The molecule has 1 aromatic heterocycles. The van der Waals surface area contributed by atoms with Crippen LogP contribution in [0.2, 0.25) is 0 Å². The topological polar surface area (TPSA) is 54.5 Å². The van der Waals surface area contributed by atoms with Crippen molar-refractivity contribution in [2.45, 2.75) is 40.0 Å². The second-order valence-electron chi connectivity index (χ2n) is 5.51. The van der Waals surface area contributed by atoms with Crippen LogP contribution in [0, 0.1) is 0 Å². The molecule has 1 heterocycles. The van der Waals surface area contributed by atoms with Gasteiger partial charge in [0.05, 0.1) is 23.9 Å². The van der Waals surface area contributed by atoms with Gasteiger partial charge in [0.1, 0.15) is 0 Å². The van der Waals surface area contributed by atoms with Crippen LogP contribution in [0.25, 0.3) is 0 Å². The van der Waals surface area contributed by atoms with Crippen molar-refractivity contribution in [2.24, 2.45) is 0 Å². The van der Waals surface area contributed by atoms with Gasteiger partial charge in [0.15, 0.2) is 0 Å². The molecule has 2 rings (SSSR count). The first-order chi connectivity index (χ1) is 11.6. The molecule has 0 bridgehead atoms. The van der Waals surface area contributed by atoms with E-state index in [4.69, 9.17) is 4.74 Å². The third-order valence-electron chi connectivity index (χ3n) is 3.66. The fourth-order valence-corrected chi connectivity index (χ4v) is 3.02. The molecule has 2 aromatic rings. The maximum Gasteiger partial charge on any atom is 0.317 e. The molecular formula is C18H25N3O2S. The Labute approximate surface area is 147 Å². The van der Waals surface area contributed by atoms with Crippen LogP contribution in [0.1, 0.15) is 35.7 Å². The van der Waals surface area contributed by atoms with Crippen molar-refractivity contribution in [3.05, 3.63) is 51.5 Å². The number of urea groups is 1. The lowest BCUT2D eigenvalue weighted by atomic mass is 10.1. The molecule has 1 aromatic carbocycles. The smallest absolute Gasteiger partial charge is 0.317 e. The second-order valence-corrected chi connectivity index (χ2v) is 6.45. The summed E-state index contributed by atoms with van der Waals surface area (Å²) < 4.78 is 5.48. The molecule has 0 saturated heterocycles. The number of benzene rings is 1. The van der Waals surface area contributed by atoms with Crippen LogP contribution in [0.5, 0.6) is 0 Å². The van der Waals surface area contributed by atoms with E-state index in [-0.39, 0.29) is 6.03 Å². The van der Waals surface area contributed by atoms with Crippen molar-refractivity contribution in [3.8, 4) is 0 Å². The summed E-state index contributed by atoms with van der Waals surface area (Å²) in [6.07, 6.45) is 0.928. The number of ether oxygens (including phenoxy) is 1.